The molecule has 3 rings (SSSR count). The summed E-state index contributed by atoms with van der Waals surface area (Å²) in [6.07, 6.45) is 11.1. The number of nitrogens with zero attached hydrogens (tertiary/aromatic N) is 3. The average Bonchev–Trinajstić information content (AvgIpc) is 3.17. The molecule has 1 atom stereocenters. The zero-order valence-electron chi connectivity index (χ0n) is 13.5. The Morgan fingerprint density at radius 3 is 3.14 bits per heavy atom. The number of piperidine rings is 1. The van der Waals surface area contributed by atoms with E-state index in [-0.39, 0.29) is 0 Å². The summed E-state index contributed by atoms with van der Waals surface area (Å²) in [4.78, 5) is 10.5. The third-order valence-electron chi connectivity index (χ3n) is 4.51. The summed E-state index contributed by atoms with van der Waals surface area (Å²) in [6, 6.07) is 2.09. The molecule has 2 N–H and O–H groups in total. The molecule has 0 aromatic carbocycles. The number of hydrogen-bond acceptors (Lipinski definition) is 3. The summed E-state index contributed by atoms with van der Waals surface area (Å²) >= 11 is 0. The highest BCUT2D eigenvalue weighted by molar-refractivity contribution is 5.03. The number of hydrogen-bond donors (Lipinski definition) is 2. The largest absolute Gasteiger partial charge is 0.345 e. The Kier molecular flexibility index (Phi) is 5.27. The normalized spacial score (nSPS) is 19.6. The third kappa shape index (κ3) is 4.19. The summed E-state index contributed by atoms with van der Waals surface area (Å²) in [5.74, 6) is 1.87. The lowest BCUT2D eigenvalue weighted by Gasteiger charge is -2.32. The van der Waals surface area contributed by atoms with Crippen molar-refractivity contribution in [1.29, 1.82) is 0 Å². The van der Waals surface area contributed by atoms with Crippen molar-refractivity contribution in [3.63, 3.8) is 0 Å². The number of imidazole rings is 1. The van der Waals surface area contributed by atoms with Crippen molar-refractivity contribution in [3.8, 4) is 0 Å². The Morgan fingerprint density at radius 2 is 2.32 bits per heavy atom. The Hall–Kier alpha value is -1.62. The van der Waals surface area contributed by atoms with Gasteiger partial charge in [-0.3, -0.25) is 10.00 Å². The van der Waals surface area contributed by atoms with Crippen LogP contribution in [0, 0.1) is 5.92 Å². The van der Waals surface area contributed by atoms with Gasteiger partial charge < -0.3 is 4.98 Å². The summed E-state index contributed by atoms with van der Waals surface area (Å²) < 4.78 is 0. The SMILES string of the molecule is CCCCc1ncc(CN2CCC[C@@H](Cc3ccn[nH]3)C2)[nH]1. The molecular weight excluding hydrogens is 274 g/mol. The number of aromatic amines is 2. The van der Waals surface area contributed by atoms with Crippen LogP contribution < -0.4 is 0 Å². The van der Waals surface area contributed by atoms with Gasteiger partial charge in [0.2, 0.25) is 0 Å². The highest BCUT2D eigenvalue weighted by Crippen LogP contribution is 2.21. The molecule has 0 amide bonds. The van der Waals surface area contributed by atoms with Crippen LogP contribution in [0.25, 0.3) is 0 Å². The molecule has 1 saturated heterocycles. The van der Waals surface area contributed by atoms with Crippen molar-refractivity contribution in [1.82, 2.24) is 25.1 Å². The quantitative estimate of drug-likeness (QED) is 0.826. The minimum Gasteiger partial charge on any atom is -0.345 e. The van der Waals surface area contributed by atoms with Crippen LogP contribution in [0.5, 0.6) is 0 Å². The summed E-state index contributed by atoms with van der Waals surface area (Å²) in [7, 11) is 0. The molecule has 0 spiro atoms. The molecule has 5 heteroatoms. The molecule has 1 aliphatic heterocycles. The maximum atomic E-state index is 4.50. The van der Waals surface area contributed by atoms with E-state index < -0.39 is 0 Å². The highest BCUT2D eigenvalue weighted by Gasteiger charge is 2.21. The van der Waals surface area contributed by atoms with E-state index in [0.29, 0.717) is 0 Å². The monoisotopic (exact) mass is 301 g/mol. The summed E-state index contributed by atoms with van der Waals surface area (Å²) in [5.41, 5.74) is 2.52. The second-order valence-corrected chi connectivity index (χ2v) is 6.49. The number of aromatic nitrogens is 4. The molecule has 0 radical (unpaired) electrons. The number of H-pyrrole nitrogens is 2. The predicted octanol–water partition coefficient (Wildman–Crippen LogP) is 2.93. The molecule has 1 fully saturated rings. The van der Waals surface area contributed by atoms with E-state index in [4.69, 9.17) is 0 Å². The van der Waals surface area contributed by atoms with Crippen molar-refractivity contribution < 1.29 is 0 Å². The first-order valence-electron chi connectivity index (χ1n) is 8.57. The van der Waals surface area contributed by atoms with Gasteiger partial charge in [0.1, 0.15) is 5.82 Å². The summed E-state index contributed by atoms with van der Waals surface area (Å²) in [6.45, 7) is 5.58. The maximum Gasteiger partial charge on any atom is 0.106 e. The van der Waals surface area contributed by atoms with Gasteiger partial charge in [0.15, 0.2) is 0 Å². The lowest BCUT2D eigenvalue weighted by molar-refractivity contribution is 0.165. The standard InChI is InChI=1S/C17H27N5/c1-2-3-6-17-18-11-16(20-17)13-22-9-4-5-14(12-22)10-15-7-8-19-21-15/h7-8,11,14H,2-6,9-10,12-13H2,1H3,(H,18,20)(H,19,21)/t14-/m0/s1. The maximum absolute atomic E-state index is 4.50. The average molecular weight is 301 g/mol. The van der Waals surface area contributed by atoms with Crippen LogP contribution in [0.15, 0.2) is 18.5 Å². The van der Waals surface area contributed by atoms with E-state index in [1.165, 1.54) is 50.2 Å². The molecule has 2 aromatic heterocycles. The lowest BCUT2D eigenvalue weighted by Crippen LogP contribution is -2.35. The van der Waals surface area contributed by atoms with Crippen LogP contribution in [0.3, 0.4) is 0 Å². The van der Waals surface area contributed by atoms with E-state index >= 15 is 0 Å². The van der Waals surface area contributed by atoms with Crippen LogP contribution in [0.1, 0.15) is 49.8 Å². The van der Waals surface area contributed by atoms with Gasteiger partial charge in [0.05, 0.1) is 0 Å². The third-order valence-corrected chi connectivity index (χ3v) is 4.51. The van der Waals surface area contributed by atoms with E-state index in [1.807, 2.05) is 12.4 Å². The molecule has 2 aromatic rings. The number of unbranched alkanes of at least 4 members (excludes halogenated alkanes) is 1. The number of nitrogens with one attached hydrogen (secondary N) is 2. The molecule has 22 heavy (non-hydrogen) atoms. The second kappa shape index (κ2) is 7.58. The van der Waals surface area contributed by atoms with Gasteiger partial charge in [0.25, 0.3) is 0 Å². The second-order valence-electron chi connectivity index (χ2n) is 6.49. The van der Waals surface area contributed by atoms with Gasteiger partial charge in [-0.25, -0.2) is 4.98 Å². The van der Waals surface area contributed by atoms with Crippen LogP contribution in [0.4, 0.5) is 0 Å². The Labute approximate surface area is 132 Å². The molecule has 3 heterocycles. The van der Waals surface area contributed by atoms with Gasteiger partial charge in [0, 0.05) is 43.3 Å². The number of likely N-dealkylation sites (tertiary alicyclic amines) is 1. The van der Waals surface area contributed by atoms with Crippen LogP contribution >= 0.6 is 0 Å². The first-order valence-corrected chi connectivity index (χ1v) is 8.57. The van der Waals surface area contributed by atoms with Gasteiger partial charge in [-0.1, -0.05) is 13.3 Å². The van der Waals surface area contributed by atoms with Gasteiger partial charge in [-0.2, -0.15) is 5.10 Å². The van der Waals surface area contributed by atoms with Crippen molar-refractivity contribution in [2.45, 2.75) is 52.0 Å². The predicted molar refractivity (Wildman–Crippen MR) is 87.5 cm³/mol. The van der Waals surface area contributed by atoms with Crippen molar-refractivity contribution >= 4 is 0 Å². The van der Waals surface area contributed by atoms with Crippen molar-refractivity contribution in [2.24, 2.45) is 5.92 Å². The fraction of sp³-hybridized carbons (Fsp3) is 0.647. The van der Waals surface area contributed by atoms with E-state index in [9.17, 15) is 0 Å². The minimum absolute atomic E-state index is 0.733. The number of aryl methyl sites for hydroxylation is 1. The Balaban J connectivity index is 1.50. The molecule has 5 nitrogen and oxygen atoms in total. The topological polar surface area (TPSA) is 60.6 Å². The Bertz CT molecular complexity index is 545. The first kappa shape index (κ1) is 15.3. The molecular formula is C17H27N5. The van der Waals surface area contributed by atoms with Crippen molar-refractivity contribution in [2.75, 3.05) is 13.1 Å². The fourth-order valence-corrected chi connectivity index (χ4v) is 3.37. The zero-order chi connectivity index (χ0) is 15.2. The molecule has 1 aliphatic rings. The Morgan fingerprint density at radius 1 is 1.36 bits per heavy atom. The van der Waals surface area contributed by atoms with Crippen LogP contribution in [0.2, 0.25) is 0 Å². The smallest absolute Gasteiger partial charge is 0.106 e. The molecule has 0 aliphatic carbocycles. The fourth-order valence-electron chi connectivity index (χ4n) is 3.37. The van der Waals surface area contributed by atoms with Crippen LogP contribution in [-0.2, 0) is 19.4 Å². The first-order chi connectivity index (χ1) is 10.8. The number of rotatable bonds is 7. The zero-order valence-corrected chi connectivity index (χ0v) is 13.5. The molecule has 0 saturated carbocycles. The molecule has 0 bridgehead atoms. The van der Waals surface area contributed by atoms with Crippen molar-refractivity contribution in [3.05, 3.63) is 35.7 Å². The van der Waals surface area contributed by atoms with E-state index in [0.717, 1.165) is 31.1 Å². The van der Waals surface area contributed by atoms with Gasteiger partial charge in [-0.05, 0) is 44.2 Å². The van der Waals surface area contributed by atoms with Gasteiger partial charge in [-0.15, -0.1) is 0 Å². The van der Waals surface area contributed by atoms with Gasteiger partial charge >= 0.3 is 0 Å². The van der Waals surface area contributed by atoms with E-state index in [2.05, 4.69) is 38.1 Å². The molecule has 120 valence electrons. The van der Waals surface area contributed by atoms with Crippen LogP contribution in [-0.4, -0.2) is 38.2 Å². The highest BCUT2D eigenvalue weighted by atomic mass is 15.1. The summed E-state index contributed by atoms with van der Waals surface area (Å²) in [5, 5.41) is 7.14. The lowest BCUT2D eigenvalue weighted by atomic mass is 9.93. The van der Waals surface area contributed by atoms with E-state index in [1.54, 1.807) is 0 Å². The minimum atomic E-state index is 0.733. The molecule has 0 unspecified atom stereocenters.